The van der Waals surface area contributed by atoms with E-state index < -0.39 is 11.6 Å². The van der Waals surface area contributed by atoms with E-state index in [2.05, 4.69) is 10.2 Å². The number of hydrogen-bond donors (Lipinski definition) is 2. The first-order valence-corrected chi connectivity index (χ1v) is 13.1. The molecule has 0 aromatic heterocycles. The van der Waals surface area contributed by atoms with Gasteiger partial charge in [0.2, 0.25) is 0 Å². The third kappa shape index (κ3) is 5.75. The quantitative estimate of drug-likeness (QED) is 0.553. The lowest BCUT2D eigenvalue weighted by Crippen LogP contribution is -2.55. The molecule has 194 valence electrons. The molecule has 3 fully saturated rings. The topological polar surface area (TPSA) is 70.8 Å². The average Bonchev–Trinajstić information content (AvgIpc) is 2.84. The predicted octanol–water partition coefficient (Wildman–Crippen LogP) is 4.93. The van der Waals surface area contributed by atoms with Gasteiger partial charge in [-0.1, -0.05) is 30.3 Å². The fourth-order valence-electron chi connectivity index (χ4n) is 6.23. The zero-order valence-electron chi connectivity index (χ0n) is 20.7. The standard InChI is InChI=1S/C28H36F2N4O2/c29-24-14-22(31)15-25(30)26(24)34-10-6-20(7-11-34)18-33-12-8-28(9-13-33)16-23(17-28)32-27(35)36-19-21-4-2-1-3-5-21/h1-5,14-15,20,23H,6-13,16-19,31H2,(H,32,35). The van der Waals surface area contributed by atoms with Crippen molar-refractivity contribution in [2.75, 3.05) is 43.4 Å². The summed E-state index contributed by atoms with van der Waals surface area (Å²) in [4.78, 5) is 16.5. The lowest BCUT2D eigenvalue weighted by atomic mass is 9.60. The maximum Gasteiger partial charge on any atom is 0.407 e. The molecule has 8 heteroatoms. The van der Waals surface area contributed by atoms with Crippen LogP contribution in [0.5, 0.6) is 0 Å². The summed E-state index contributed by atoms with van der Waals surface area (Å²) in [7, 11) is 0. The van der Waals surface area contributed by atoms with E-state index in [1.807, 2.05) is 35.2 Å². The van der Waals surface area contributed by atoms with Gasteiger partial charge in [0.15, 0.2) is 11.6 Å². The van der Waals surface area contributed by atoms with Crippen LogP contribution in [0, 0.1) is 23.0 Å². The predicted molar refractivity (Wildman–Crippen MR) is 137 cm³/mol. The van der Waals surface area contributed by atoms with Gasteiger partial charge in [0.1, 0.15) is 12.3 Å². The number of nitrogens with two attached hydrogens (primary N) is 1. The minimum Gasteiger partial charge on any atom is -0.445 e. The lowest BCUT2D eigenvalue weighted by molar-refractivity contribution is 0.000388. The van der Waals surface area contributed by atoms with E-state index in [0.29, 0.717) is 31.0 Å². The Hall–Kier alpha value is -2.87. The average molecular weight is 499 g/mol. The summed E-state index contributed by atoms with van der Waals surface area (Å²) in [5, 5.41) is 3.02. The summed E-state index contributed by atoms with van der Waals surface area (Å²) in [6, 6.07) is 12.3. The maximum absolute atomic E-state index is 14.3. The third-order valence-electron chi connectivity index (χ3n) is 8.30. The Kier molecular flexibility index (Phi) is 7.32. The molecule has 6 nitrogen and oxygen atoms in total. The van der Waals surface area contributed by atoms with Crippen molar-refractivity contribution >= 4 is 17.5 Å². The van der Waals surface area contributed by atoms with Crippen molar-refractivity contribution in [3.05, 3.63) is 59.7 Å². The molecule has 0 radical (unpaired) electrons. The van der Waals surface area contributed by atoms with Gasteiger partial charge in [-0.3, -0.25) is 0 Å². The third-order valence-corrected chi connectivity index (χ3v) is 8.30. The number of halogens is 2. The minimum absolute atomic E-state index is 0.0552. The Balaban J connectivity index is 0.999. The first-order chi connectivity index (χ1) is 17.4. The molecule has 2 saturated heterocycles. The molecule has 2 aromatic rings. The SMILES string of the molecule is Nc1cc(F)c(N2CCC(CN3CCC4(CC3)CC(NC(=O)OCc3ccccc3)C4)CC2)c(F)c1. The number of nitrogens with zero attached hydrogens (tertiary/aromatic N) is 2. The highest BCUT2D eigenvalue weighted by atomic mass is 19.1. The molecule has 1 amide bonds. The molecule has 2 heterocycles. The van der Waals surface area contributed by atoms with Crippen LogP contribution in [0.2, 0.25) is 0 Å². The van der Waals surface area contributed by atoms with Gasteiger partial charge in [-0.15, -0.1) is 0 Å². The Morgan fingerprint density at radius 1 is 1.03 bits per heavy atom. The van der Waals surface area contributed by atoms with Crippen molar-refractivity contribution in [3.8, 4) is 0 Å². The lowest BCUT2D eigenvalue weighted by Gasteiger charge is -2.52. The number of amides is 1. The number of carbonyl (C=O) groups is 1. The number of nitrogen functional groups attached to an aromatic ring is 1. The summed E-state index contributed by atoms with van der Waals surface area (Å²) >= 11 is 0. The van der Waals surface area contributed by atoms with Crippen LogP contribution >= 0.6 is 0 Å². The number of hydrogen-bond acceptors (Lipinski definition) is 5. The van der Waals surface area contributed by atoms with Crippen LogP contribution in [0.15, 0.2) is 42.5 Å². The van der Waals surface area contributed by atoms with Crippen LogP contribution in [0.4, 0.5) is 25.0 Å². The number of nitrogens with one attached hydrogen (secondary N) is 1. The van der Waals surface area contributed by atoms with Crippen LogP contribution < -0.4 is 16.0 Å². The number of likely N-dealkylation sites (tertiary alicyclic amines) is 1. The van der Waals surface area contributed by atoms with Crippen molar-refractivity contribution in [3.63, 3.8) is 0 Å². The van der Waals surface area contributed by atoms with Crippen molar-refractivity contribution in [2.24, 2.45) is 11.3 Å². The number of anilines is 2. The molecular weight excluding hydrogens is 462 g/mol. The van der Waals surface area contributed by atoms with Crippen molar-refractivity contribution in [1.29, 1.82) is 0 Å². The van der Waals surface area contributed by atoms with Gasteiger partial charge in [0.05, 0.1) is 0 Å². The highest BCUT2D eigenvalue weighted by molar-refractivity contribution is 5.67. The number of piperidine rings is 2. The Labute approximate surface area is 211 Å². The number of ether oxygens (including phenoxy) is 1. The van der Waals surface area contributed by atoms with E-state index in [1.54, 1.807) is 0 Å². The summed E-state index contributed by atoms with van der Waals surface area (Å²) in [6.07, 6.45) is 5.90. The molecule has 1 aliphatic carbocycles. The van der Waals surface area contributed by atoms with Crippen LogP contribution in [-0.2, 0) is 11.3 Å². The van der Waals surface area contributed by atoms with E-state index in [4.69, 9.17) is 10.5 Å². The second-order valence-electron chi connectivity index (χ2n) is 10.9. The van der Waals surface area contributed by atoms with E-state index >= 15 is 0 Å². The first kappa shape index (κ1) is 24.8. The van der Waals surface area contributed by atoms with Gasteiger partial charge < -0.3 is 25.6 Å². The summed E-state index contributed by atoms with van der Waals surface area (Å²) in [5.41, 5.74) is 7.05. The second-order valence-corrected chi connectivity index (χ2v) is 10.9. The normalized spacial score (nSPS) is 20.8. The fourth-order valence-corrected chi connectivity index (χ4v) is 6.23. The molecule has 0 bridgehead atoms. The van der Waals surface area contributed by atoms with E-state index in [-0.39, 0.29) is 23.5 Å². The highest BCUT2D eigenvalue weighted by Crippen LogP contribution is 2.49. The molecule has 3 N–H and O–H groups in total. The minimum atomic E-state index is -0.579. The number of rotatable bonds is 6. The van der Waals surface area contributed by atoms with E-state index in [1.165, 1.54) is 12.1 Å². The zero-order valence-corrected chi connectivity index (χ0v) is 20.7. The van der Waals surface area contributed by atoms with Gasteiger partial charge in [0, 0.05) is 31.4 Å². The van der Waals surface area contributed by atoms with Gasteiger partial charge in [-0.2, -0.15) is 0 Å². The summed E-state index contributed by atoms with van der Waals surface area (Å²) < 4.78 is 33.9. The van der Waals surface area contributed by atoms with Gasteiger partial charge in [-0.05, 0) is 80.6 Å². The van der Waals surface area contributed by atoms with Crippen LogP contribution in [0.3, 0.4) is 0 Å². The Bertz CT molecular complexity index is 1020. The molecule has 36 heavy (non-hydrogen) atoms. The number of carbonyl (C=O) groups excluding carboxylic acids is 1. The zero-order chi connectivity index (χ0) is 25.1. The van der Waals surface area contributed by atoms with Gasteiger partial charge in [-0.25, -0.2) is 13.6 Å². The molecule has 1 spiro atoms. The highest BCUT2D eigenvalue weighted by Gasteiger charge is 2.46. The number of benzene rings is 2. The fraction of sp³-hybridized carbons (Fsp3) is 0.536. The van der Waals surface area contributed by atoms with Crippen molar-refractivity contribution < 1.29 is 18.3 Å². The molecule has 3 aliphatic rings. The molecule has 2 aliphatic heterocycles. The Morgan fingerprint density at radius 3 is 2.31 bits per heavy atom. The largest absolute Gasteiger partial charge is 0.445 e. The second kappa shape index (κ2) is 10.6. The molecule has 1 saturated carbocycles. The van der Waals surface area contributed by atoms with Crippen LogP contribution in [-0.4, -0.2) is 49.8 Å². The molecular formula is C28H36F2N4O2. The monoisotopic (exact) mass is 498 g/mol. The van der Waals surface area contributed by atoms with Crippen LogP contribution in [0.1, 0.15) is 44.1 Å². The summed E-state index contributed by atoms with van der Waals surface area (Å²) in [6.45, 7) is 4.81. The number of alkyl carbamates (subject to hydrolysis) is 1. The van der Waals surface area contributed by atoms with E-state index in [9.17, 15) is 13.6 Å². The smallest absolute Gasteiger partial charge is 0.407 e. The Morgan fingerprint density at radius 2 is 1.67 bits per heavy atom. The maximum atomic E-state index is 14.3. The first-order valence-electron chi connectivity index (χ1n) is 13.1. The molecule has 2 aromatic carbocycles. The van der Waals surface area contributed by atoms with Crippen molar-refractivity contribution in [2.45, 2.75) is 51.2 Å². The summed E-state index contributed by atoms with van der Waals surface area (Å²) in [5.74, 6) is -0.611. The van der Waals surface area contributed by atoms with Gasteiger partial charge >= 0.3 is 6.09 Å². The molecule has 5 rings (SSSR count). The molecule has 0 atom stereocenters. The molecule has 0 unspecified atom stereocenters. The van der Waals surface area contributed by atoms with Crippen LogP contribution in [0.25, 0.3) is 0 Å². The van der Waals surface area contributed by atoms with Gasteiger partial charge in [0.25, 0.3) is 0 Å². The van der Waals surface area contributed by atoms with E-state index in [0.717, 1.165) is 63.7 Å². The van der Waals surface area contributed by atoms with Crippen molar-refractivity contribution in [1.82, 2.24) is 10.2 Å².